The zero-order chi connectivity index (χ0) is 17.2. The number of hydrogen-bond donors (Lipinski definition) is 1. The summed E-state index contributed by atoms with van der Waals surface area (Å²) in [5.41, 5.74) is 0.681. The van der Waals surface area contributed by atoms with Crippen LogP contribution in [0.5, 0.6) is 0 Å². The first-order valence-corrected chi connectivity index (χ1v) is 8.40. The van der Waals surface area contributed by atoms with Crippen molar-refractivity contribution in [2.24, 2.45) is 0 Å². The van der Waals surface area contributed by atoms with E-state index in [0.29, 0.717) is 16.5 Å². The van der Waals surface area contributed by atoms with Gasteiger partial charge in [-0.25, -0.2) is 9.97 Å². The molecule has 0 saturated heterocycles. The van der Waals surface area contributed by atoms with E-state index in [4.69, 9.17) is 0 Å². The standard InChI is InChI=1S/C17H14F3N3S/c1-24-16-22-14-8-3-2-7-13(14)15(23-16)21-10-11-5-4-6-12(9-11)17(18,19)20/h2-9H,10H2,1H3,(H,21,22,23). The minimum Gasteiger partial charge on any atom is -0.365 e. The summed E-state index contributed by atoms with van der Waals surface area (Å²) in [5, 5.41) is 4.57. The second-order valence-electron chi connectivity index (χ2n) is 5.13. The fraction of sp³-hybridized carbons (Fsp3) is 0.176. The maximum absolute atomic E-state index is 12.8. The molecule has 7 heteroatoms. The number of rotatable bonds is 4. The summed E-state index contributed by atoms with van der Waals surface area (Å²) in [6.07, 6.45) is -2.47. The molecule has 0 aliphatic rings. The van der Waals surface area contributed by atoms with Gasteiger partial charge in [0, 0.05) is 11.9 Å². The molecule has 1 aromatic heterocycles. The van der Waals surface area contributed by atoms with Gasteiger partial charge in [-0.1, -0.05) is 36.0 Å². The molecule has 0 aliphatic heterocycles. The molecule has 0 bridgehead atoms. The number of aromatic nitrogens is 2. The maximum Gasteiger partial charge on any atom is 0.416 e. The van der Waals surface area contributed by atoms with Crippen molar-refractivity contribution in [2.75, 3.05) is 11.6 Å². The minimum atomic E-state index is -4.34. The van der Waals surface area contributed by atoms with E-state index < -0.39 is 11.7 Å². The number of thioether (sulfide) groups is 1. The molecule has 0 spiro atoms. The number of nitrogens with one attached hydrogen (secondary N) is 1. The lowest BCUT2D eigenvalue weighted by Crippen LogP contribution is -2.08. The van der Waals surface area contributed by atoms with E-state index in [1.54, 1.807) is 6.07 Å². The number of anilines is 1. The first kappa shape index (κ1) is 16.6. The molecule has 3 rings (SSSR count). The molecule has 0 fully saturated rings. The lowest BCUT2D eigenvalue weighted by Gasteiger charge is -2.12. The highest BCUT2D eigenvalue weighted by molar-refractivity contribution is 7.98. The van der Waals surface area contributed by atoms with Gasteiger partial charge in [0.15, 0.2) is 5.16 Å². The van der Waals surface area contributed by atoms with E-state index in [2.05, 4.69) is 15.3 Å². The predicted octanol–water partition coefficient (Wildman–Crippen LogP) is 4.98. The second kappa shape index (κ2) is 6.68. The first-order valence-electron chi connectivity index (χ1n) is 7.18. The maximum atomic E-state index is 12.8. The van der Waals surface area contributed by atoms with Gasteiger partial charge in [0.25, 0.3) is 0 Å². The van der Waals surface area contributed by atoms with Crippen LogP contribution in [0.25, 0.3) is 10.9 Å². The average molecular weight is 349 g/mol. The highest BCUT2D eigenvalue weighted by Gasteiger charge is 2.30. The van der Waals surface area contributed by atoms with Crippen LogP contribution in [0.4, 0.5) is 19.0 Å². The van der Waals surface area contributed by atoms with Crippen LogP contribution in [0, 0.1) is 0 Å². The van der Waals surface area contributed by atoms with Gasteiger partial charge in [0.1, 0.15) is 5.82 Å². The molecule has 0 amide bonds. The zero-order valence-corrected chi connectivity index (χ0v) is 13.6. The van der Waals surface area contributed by atoms with Crippen LogP contribution in [-0.2, 0) is 12.7 Å². The second-order valence-corrected chi connectivity index (χ2v) is 5.90. The molecular weight excluding hydrogens is 335 g/mol. The van der Waals surface area contributed by atoms with Crippen LogP contribution in [0.2, 0.25) is 0 Å². The third kappa shape index (κ3) is 3.62. The van der Waals surface area contributed by atoms with E-state index >= 15 is 0 Å². The zero-order valence-electron chi connectivity index (χ0n) is 12.8. The topological polar surface area (TPSA) is 37.8 Å². The van der Waals surface area contributed by atoms with Gasteiger partial charge in [-0.15, -0.1) is 0 Å². The van der Waals surface area contributed by atoms with Crippen molar-refractivity contribution in [2.45, 2.75) is 17.9 Å². The van der Waals surface area contributed by atoms with Crippen LogP contribution in [0.15, 0.2) is 53.7 Å². The Morgan fingerprint density at radius 2 is 1.83 bits per heavy atom. The van der Waals surface area contributed by atoms with Crippen LogP contribution in [0.1, 0.15) is 11.1 Å². The monoisotopic (exact) mass is 349 g/mol. The van der Waals surface area contributed by atoms with Crippen molar-refractivity contribution < 1.29 is 13.2 Å². The van der Waals surface area contributed by atoms with Crippen molar-refractivity contribution in [1.82, 2.24) is 9.97 Å². The molecule has 124 valence electrons. The number of para-hydroxylation sites is 1. The van der Waals surface area contributed by atoms with Gasteiger partial charge < -0.3 is 5.32 Å². The molecule has 0 radical (unpaired) electrons. The molecule has 1 heterocycles. The highest BCUT2D eigenvalue weighted by atomic mass is 32.2. The quantitative estimate of drug-likeness (QED) is 0.532. The number of nitrogens with zero attached hydrogens (tertiary/aromatic N) is 2. The first-order chi connectivity index (χ1) is 11.5. The minimum absolute atomic E-state index is 0.249. The van der Waals surface area contributed by atoms with E-state index in [0.717, 1.165) is 23.0 Å². The predicted molar refractivity (Wildman–Crippen MR) is 90.1 cm³/mol. The number of hydrogen-bond acceptors (Lipinski definition) is 4. The Bertz CT molecular complexity index is 865. The van der Waals surface area contributed by atoms with Crippen molar-refractivity contribution in [3.63, 3.8) is 0 Å². The Labute approximate surface area is 141 Å². The van der Waals surface area contributed by atoms with Gasteiger partial charge in [-0.05, 0) is 36.1 Å². The molecule has 3 aromatic rings. The van der Waals surface area contributed by atoms with Crippen molar-refractivity contribution in [3.05, 3.63) is 59.7 Å². The lowest BCUT2D eigenvalue weighted by molar-refractivity contribution is -0.137. The molecule has 0 atom stereocenters. The SMILES string of the molecule is CSc1nc(NCc2cccc(C(F)(F)F)c2)c2ccccc2n1. The fourth-order valence-corrected chi connectivity index (χ4v) is 2.70. The Morgan fingerprint density at radius 3 is 2.58 bits per heavy atom. The number of halogens is 3. The third-order valence-electron chi connectivity index (χ3n) is 3.48. The highest BCUT2D eigenvalue weighted by Crippen LogP contribution is 2.30. The molecule has 1 N–H and O–H groups in total. The van der Waals surface area contributed by atoms with Crippen LogP contribution in [0.3, 0.4) is 0 Å². The van der Waals surface area contributed by atoms with Crippen LogP contribution < -0.4 is 5.32 Å². The summed E-state index contributed by atoms with van der Waals surface area (Å²) in [4.78, 5) is 8.84. The third-order valence-corrected chi connectivity index (χ3v) is 4.03. The van der Waals surface area contributed by atoms with Gasteiger partial charge in [0.05, 0.1) is 11.1 Å². The molecule has 24 heavy (non-hydrogen) atoms. The summed E-state index contributed by atoms with van der Waals surface area (Å²) in [6.45, 7) is 0.249. The summed E-state index contributed by atoms with van der Waals surface area (Å²) in [7, 11) is 0. The van der Waals surface area contributed by atoms with E-state index in [1.807, 2.05) is 30.5 Å². The van der Waals surface area contributed by atoms with Crippen LogP contribution in [-0.4, -0.2) is 16.2 Å². The van der Waals surface area contributed by atoms with E-state index in [1.165, 1.54) is 17.8 Å². The van der Waals surface area contributed by atoms with E-state index in [-0.39, 0.29) is 6.54 Å². The Balaban J connectivity index is 1.88. The molecule has 2 aromatic carbocycles. The van der Waals surface area contributed by atoms with Gasteiger partial charge in [0.2, 0.25) is 0 Å². The fourth-order valence-electron chi connectivity index (χ4n) is 2.32. The van der Waals surface area contributed by atoms with Gasteiger partial charge in [-0.3, -0.25) is 0 Å². The smallest absolute Gasteiger partial charge is 0.365 e. The molecule has 0 saturated carbocycles. The lowest BCUT2D eigenvalue weighted by atomic mass is 10.1. The summed E-state index contributed by atoms with van der Waals surface area (Å²) in [6, 6.07) is 12.8. The van der Waals surface area contributed by atoms with E-state index in [9.17, 15) is 13.2 Å². The molecular formula is C17H14F3N3S. The van der Waals surface area contributed by atoms with Gasteiger partial charge >= 0.3 is 6.18 Å². The molecule has 0 aliphatic carbocycles. The summed E-state index contributed by atoms with van der Waals surface area (Å²) < 4.78 is 38.4. The Hall–Kier alpha value is -2.28. The largest absolute Gasteiger partial charge is 0.416 e. The number of alkyl halides is 3. The number of benzene rings is 2. The average Bonchev–Trinajstić information content (AvgIpc) is 2.59. The summed E-state index contributed by atoms with van der Waals surface area (Å²) >= 11 is 1.41. The molecule has 3 nitrogen and oxygen atoms in total. The molecule has 0 unspecified atom stereocenters. The van der Waals surface area contributed by atoms with Crippen molar-refractivity contribution >= 4 is 28.5 Å². The van der Waals surface area contributed by atoms with Crippen molar-refractivity contribution in [3.8, 4) is 0 Å². The Kier molecular flexibility index (Phi) is 4.62. The normalized spacial score (nSPS) is 11.7. The Morgan fingerprint density at radius 1 is 1.04 bits per heavy atom. The van der Waals surface area contributed by atoms with Crippen LogP contribution >= 0.6 is 11.8 Å². The summed E-state index contributed by atoms with van der Waals surface area (Å²) in [5.74, 6) is 0.613. The van der Waals surface area contributed by atoms with Gasteiger partial charge in [-0.2, -0.15) is 13.2 Å². The van der Waals surface area contributed by atoms with Crippen molar-refractivity contribution in [1.29, 1.82) is 0 Å². The number of fused-ring (bicyclic) bond motifs is 1.